The van der Waals surface area contributed by atoms with E-state index in [1.807, 2.05) is 11.8 Å². The Morgan fingerprint density at radius 1 is 1.15 bits per heavy atom. The van der Waals surface area contributed by atoms with Gasteiger partial charge in [0.2, 0.25) is 5.91 Å². The molecule has 6 rings (SSSR count). The third kappa shape index (κ3) is 3.50. The first-order valence-electron chi connectivity index (χ1n) is 11.5. The number of halogens is 4. The van der Waals surface area contributed by atoms with E-state index in [2.05, 4.69) is 5.10 Å². The Hall–Kier alpha value is -2.29. The van der Waals surface area contributed by atoms with E-state index < -0.39 is 17.8 Å². The maximum Gasteiger partial charge on any atom is 0.433 e. The van der Waals surface area contributed by atoms with Crippen LogP contribution in [0.2, 0.25) is 5.02 Å². The van der Waals surface area contributed by atoms with Crippen molar-refractivity contribution < 1.29 is 22.8 Å². The van der Waals surface area contributed by atoms with Crippen molar-refractivity contribution >= 4 is 28.9 Å². The van der Waals surface area contributed by atoms with Gasteiger partial charge in [0.1, 0.15) is 12.2 Å². The second kappa shape index (κ2) is 7.10. The molecule has 2 amide bonds. The van der Waals surface area contributed by atoms with Crippen molar-refractivity contribution in [2.45, 2.75) is 63.2 Å². The number of nitrogens with zero attached hydrogens (tertiary/aromatic N) is 4. The molecule has 4 aliphatic rings. The molecular formula is C23H24ClF3N4O2. The van der Waals surface area contributed by atoms with Crippen LogP contribution in [0.15, 0.2) is 12.1 Å². The first kappa shape index (κ1) is 21.3. The molecule has 0 aromatic carbocycles. The number of amides is 2. The molecule has 3 unspecified atom stereocenters. The molecule has 3 heterocycles. The SMILES string of the molecule is CC1CN(C(=O)c2nn3c(C(F)(F)F)cc(C4CC4)cc3c2Cl)CC(=O)N1C1CC2CC2C1. The van der Waals surface area contributed by atoms with Gasteiger partial charge < -0.3 is 9.80 Å². The lowest BCUT2D eigenvalue weighted by Crippen LogP contribution is -2.59. The molecule has 10 heteroatoms. The molecule has 33 heavy (non-hydrogen) atoms. The van der Waals surface area contributed by atoms with E-state index >= 15 is 0 Å². The number of alkyl halides is 3. The number of aromatic nitrogens is 2. The minimum absolute atomic E-state index is 0.0694. The molecule has 0 bridgehead atoms. The van der Waals surface area contributed by atoms with Gasteiger partial charge in [-0.15, -0.1) is 0 Å². The van der Waals surface area contributed by atoms with Crippen molar-refractivity contribution in [2.24, 2.45) is 11.8 Å². The molecule has 176 valence electrons. The minimum atomic E-state index is -4.64. The van der Waals surface area contributed by atoms with Crippen molar-refractivity contribution in [1.82, 2.24) is 19.4 Å². The highest BCUT2D eigenvalue weighted by atomic mass is 35.5. The molecule has 4 fully saturated rings. The highest BCUT2D eigenvalue weighted by molar-refractivity contribution is 6.36. The number of carbonyl (C=O) groups is 2. The van der Waals surface area contributed by atoms with Crippen LogP contribution in [0.5, 0.6) is 0 Å². The molecular weight excluding hydrogens is 457 g/mol. The second-order valence-corrected chi connectivity index (χ2v) is 10.5. The average Bonchev–Trinajstić information content (AvgIpc) is 3.66. The Bertz CT molecular complexity index is 1160. The monoisotopic (exact) mass is 480 g/mol. The van der Waals surface area contributed by atoms with Crippen LogP contribution < -0.4 is 0 Å². The van der Waals surface area contributed by atoms with Gasteiger partial charge in [0.25, 0.3) is 5.91 Å². The Morgan fingerprint density at radius 3 is 2.45 bits per heavy atom. The van der Waals surface area contributed by atoms with Gasteiger partial charge in [0, 0.05) is 18.6 Å². The van der Waals surface area contributed by atoms with E-state index in [4.69, 9.17) is 11.6 Å². The number of hydrogen-bond acceptors (Lipinski definition) is 3. The molecule has 3 saturated carbocycles. The Labute approximate surface area is 193 Å². The third-order valence-electron chi connectivity index (χ3n) is 7.71. The summed E-state index contributed by atoms with van der Waals surface area (Å²) in [6.07, 6.45) is 0.325. The van der Waals surface area contributed by atoms with Crippen molar-refractivity contribution in [3.8, 4) is 0 Å². The predicted octanol–water partition coefficient (Wildman–Crippen LogP) is 4.36. The lowest BCUT2D eigenvalue weighted by molar-refractivity contribution is -0.142. The summed E-state index contributed by atoms with van der Waals surface area (Å²) in [5.74, 6) is 0.804. The van der Waals surface area contributed by atoms with E-state index in [9.17, 15) is 22.8 Å². The van der Waals surface area contributed by atoms with Gasteiger partial charge in [-0.05, 0) is 74.5 Å². The van der Waals surface area contributed by atoms with E-state index in [0.29, 0.717) is 16.6 Å². The fourth-order valence-electron chi connectivity index (χ4n) is 5.87. The minimum Gasteiger partial charge on any atom is -0.334 e. The van der Waals surface area contributed by atoms with Crippen molar-refractivity contribution in [1.29, 1.82) is 0 Å². The first-order chi connectivity index (χ1) is 15.6. The number of piperazine rings is 1. The van der Waals surface area contributed by atoms with Crippen LogP contribution in [-0.2, 0) is 11.0 Å². The summed E-state index contributed by atoms with van der Waals surface area (Å²) in [6, 6.07) is 2.75. The Kier molecular flexibility index (Phi) is 4.58. The van der Waals surface area contributed by atoms with Crippen LogP contribution in [0.1, 0.15) is 66.7 Å². The van der Waals surface area contributed by atoms with Crippen LogP contribution in [0, 0.1) is 11.8 Å². The third-order valence-corrected chi connectivity index (χ3v) is 8.08. The zero-order chi connectivity index (χ0) is 23.2. The number of hydrogen-bond donors (Lipinski definition) is 0. The maximum atomic E-state index is 13.8. The van der Waals surface area contributed by atoms with Crippen LogP contribution in [0.3, 0.4) is 0 Å². The zero-order valence-electron chi connectivity index (χ0n) is 18.1. The van der Waals surface area contributed by atoms with Crippen LogP contribution >= 0.6 is 11.6 Å². The molecule has 0 N–H and O–H groups in total. The summed E-state index contributed by atoms with van der Waals surface area (Å²) in [4.78, 5) is 29.5. The quantitative estimate of drug-likeness (QED) is 0.656. The largest absolute Gasteiger partial charge is 0.433 e. The van der Waals surface area contributed by atoms with E-state index in [1.54, 1.807) is 6.07 Å². The predicted molar refractivity (Wildman–Crippen MR) is 114 cm³/mol. The molecule has 0 radical (unpaired) electrons. The van der Waals surface area contributed by atoms with Crippen LogP contribution in [0.4, 0.5) is 13.2 Å². The smallest absolute Gasteiger partial charge is 0.334 e. The van der Waals surface area contributed by atoms with Gasteiger partial charge in [-0.1, -0.05) is 11.6 Å². The van der Waals surface area contributed by atoms with E-state index in [1.165, 1.54) is 11.3 Å². The van der Waals surface area contributed by atoms with Crippen molar-refractivity contribution in [3.05, 3.63) is 34.1 Å². The first-order valence-corrected chi connectivity index (χ1v) is 11.9. The van der Waals surface area contributed by atoms with E-state index in [0.717, 1.165) is 43.6 Å². The normalized spacial score (nSPS) is 29.7. The molecule has 3 aliphatic carbocycles. The topological polar surface area (TPSA) is 57.9 Å². The number of fused-ring (bicyclic) bond motifs is 2. The lowest BCUT2D eigenvalue weighted by atomic mass is 10.0. The van der Waals surface area contributed by atoms with Gasteiger partial charge in [0.05, 0.1) is 10.5 Å². The fourth-order valence-corrected chi connectivity index (χ4v) is 6.12. The molecule has 0 spiro atoms. The molecule has 2 aromatic rings. The highest BCUT2D eigenvalue weighted by Crippen LogP contribution is 2.53. The summed E-state index contributed by atoms with van der Waals surface area (Å²) < 4.78 is 42.0. The highest BCUT2D eigenvalue weighted by Gasteiger charge is 2.50. The molecule has 2 aromatic heterocycles. The summed E-state index contributed by atoms with van der Waals surface area (Å²) >= 11 is 6.42. The lowest BCUT2D eigenvalue weighted by Gasteiger charge is -2.43. The standard InChI is InChI=1S/C23H24ClF3N4O2/c1-11-9-29(10-19(32)30(11)16-5-13-4-14(13)6-16)22(33)21-20(24)17-7-15(12-2-3-12)8-18(23(25,26)27)31(17)28-21/h7-8,11-14,16H,2-6,9-10H2,1H3. The Balaban J connectivity index is 1.30. The second-order valence-electron chi connectivity index (χ2n) is 10.1. The number of carbonyl (C=O) groups excluding carboxylic acids is 2. The summed E-state index contributed by atoms with van der Waals surface area (Å²) in [6.45, 7) is 2.11. The van der Waals surface area contributed by atoms with Crippen molar-refractivity contribution in [2.75, 3.05) is 13.1 Å². The number of rotatable bonds is 3. The Morgan fingerprint density at radius 2 is 1.85 bits per heavy atom. The van der Waals surface area contributed by atoms with E-state index in [-0.39, 0.29) is 46.7 Å². The fraction of sp³-hybridized carbons (Fsp3) is 0.609. The van der Waals surface area contributed by atoms with Crippen molar-refractivity contribution in [3.63, 3.8) is 0 Å². The van der Waals surface area contributed by atoms with Crippen LogP contribution in [-0.4, -0.2) is 56.4 Å². The number of pyridine rings is 1. The van der Waals surface area contributed by atoms with Gasteiger partial charge in [-0.2, -0.15) is 18.3 Å². The zero-order valence-corrected chi connectivity index (χ0v) is 18.9. The molecule has 3 atom stereocenters. The molecule has 1 saturated heterocycles. The van der Waals surface area contributed by atoms with Gasteiger partial charge in [-0.25, -0.2) is 4.52 Å². The molecule has 6 nitrogen and oxygen atoms in total. The van der Waals surface area contributed by atoms with Crippen LogP contribution in [0.25, 0.3) is 5.52 Å². The van der Waals surface area contributed by atoms with Gasteiger partial charge in [0.15, 0.2) is 5.69 Å². The summed E-state index contributed by atoms with van der Waals surface area (Å²) in [5, 5.41) is 3.88. The average molecular weight is 481 g/mol. The maximum absolute atomic E-state index is 13.8. The summed E-state index contributed by atoms with van der Waals surface area (Å²) in [7, 11) is 0. The van der Waals surface area contributed by atoms with Gasteiger partial charge >= 0.3 is 6.18 Å². The summed E-state index contributed by atoms with van der Waals surface area (Å²) in [5.41, 5.74) is -0.565. The molecule has 1 aliphatic heterocycles. The van der Waals surface area contributed by atoms with Gasteiger partial charge in [-0.3, -0.25) is 9.59 Å².